The Morgan fingerprint density at radius 1 is 1.36 bits per heavy atom. The average Bonchev–Trinajstić information content (AvgIpc) is 2.58. The van der Waals surface area contributed by atoms with Crippen LogP contribution in [0.15, 0.2) is 23.2 Å². The van der Waals surface area contributed by atoms with Crippen LogP contribution < -0.4 is 10.6 Å². The molecule has 25 heavy (non-hydrogen) atoms. The van der Waals surface area contributed by atoms with Crippen molar-refractivity contribution in [3.05, 3.63) is 29.5 Å². The highest BCUT2D eigenvalue weighted by atomic mass is 16.5. The molecule has 130 valence electrons. The highest BCUT2D eigenvalue weighted by molar-refractivity contribution is 6.06. The minimum atomic E-state index is -0.528. The second-order valence-corrected chi connectivity index (χ2v) is 5.93. The third kappa shape index (κ3) is 3.73. The van der Waals surface area contributed by atoms with Crippen molar-refractivity contribution in [1.29, 1.82) is 0 Å². The average molecular weight is 341 g/mol. The predicted molar refractivity (Wildman–Crippen MR) is 93.2 cm³/mol. The molecule has 1 aliphatic heterocycles. The Morgan fingerprint density at radius 2 is 2.16 bits per heavy atom. The molecule has 2 heterocycles. The van der Waals surface area contributed by atoms with E-state index < -0.39 is 11.9 Å². The maximum Gasteiger partial charge on any atom is 0.306 e. The first-order valence-corrected chi connectivity index (χ1v) is 7.90. The Balaban J connectivity index is 1.77. The molecule has 1 aliphatic rings. The third-order valence-electron chi connectivity index (χ3n) is 3.99. The van der Waals surface area contributed by atoms with Crippen LogP contribution in [0.1, 0.15) is 17.7 Å². The number of benzene rings is 1. The minimum Gasteiger partial charge on any atom is -0.469 e. The molecule has 0 radical (unpaired) electrons. The molecular weight excluding hydrogens is 322 g/mol. The first-order valence-electron chi connectivity index (χ1n) is 7.90. The van der Waals surface area contributed by atoms with Crippen LogP contribution in [0.25, 0.3) is 10.9 Å². The normalized spacial score (nSPS) is 17.0. The number of aromatic nitrogens is 2. The Morgan fingerprint density at radius 3 is 2.88 bits per heavy atom. The van der Waals surface area contributed by atoms with Crippen molar-refractivity contribution in [3.8, 4) is 0 Å². The van der Waals surface area contributed by atoms with Gasteiger partial charge in [0.2, 0.25) is 17.8 Å². The Hall–Kier alpha value is -3.03. The summed E-state index contributed by atoms with van der Waals surface area (Å²) >= 11 is 0. The van der Waals surface area contributed by atoms with Gasteiger partial charge in [-0.15, -0.1) is 0 Å². The number of fused-ring (bicyclic) bond motifs is 1. The number of anilines is 1. The summed E-state index contributed by atoms with van der Waals surface area (Å²) in [7, 11) is 1.29. The number of rotatable bonds is 3. The zero-order valence-electron chi connectivity index (χ0n) is 14.3. The standard InChI is InChI=1S/C17H19N5O3/c1-9-4-5-13-12(6-9)10(2)19-17(20-13)22-16-18-8-11(15(24)21-16)7-14(23)25-3/h4-6,11H,7-8H2,1-3H3,(H2,18,19,20,21,22,24). The molecule has 0 saturated carbocycles. The molecule has 8 heteroatoms. The van der Waals surface area contributed by atoms with E-state index in [1.165, 1.54) is 7.11 Å². The van der Waals surface area contributed by atoms with E-state index in [4.69, 9.17) is 0 Å². The number of aliphatic imine (C=N–C) groups is 1. The summed E-state index contributed by atoms with van der Waals surface area (Å²) < 4.78 is 4.58. The summed E-state index contributed by atoms with van der Waals surface area (Å²) in [6.07, 6.45) is 0.00402. The predicted octanol–water partition coefficient (Wildman–Crippen LogP) is 1.32. The number of nitrogens with one attached hydrogen (secondary N) is 2. The van der Waals surface area contributed by atoms with Crippen LogP contribution >= 0.6 is 0 Å². The van der Waals surface area contributed by atoms with E-state index in [1.54, 1.807) is 0 Å². The van der Waals surface area contributed by atoms with E-state index >= 15 is 0 Å². The molecule has 8 nitrogen and oxygen atoms in total. The van der Waals surface area contributed by atoms with Gasteiger partial charge in [0.15, 0.2) is 0 Å². The molecule has 0 bridgehead atoms. The monoisotopic (exact) mass is 341 g/mol. The number of ether oxygens (including phenoxy) is 1. The number of methoxy groups -OCH3 is 1. The lowest BCUT2D eigenvalue weighted by atomic mass is 10.0. The number of hydrogen-bond donors (Lipinski definition) is 2. The minimum absolute atomic E-state index is 0.00402. The van der Waals surface area contributed by atoms with Crippen molar-refractivity contribution in [2.24, 2.45) is 10.9 Å². The van der Waals surface area contributed by atoms with Crippen LogP contribution in [0.3, 0.4) is 0 Å². The van der Waals surface area contributed by atoms with E-state index in [2.05, 4.69) is 30.3 Å². The van der Waals surface area contributed by atoms with Crippen molar-refractivity contribution in [1.82, 2.24) is 15.3 Å². The van der Waals surface area contributed by atoms with E-state index in [0.717, 1.165) is 22.2 Å². The number of esters is 1. The van der Waals surface area contributed by atoms with Gasteiger partial charge in [-0.05, 0) is 26.0 Å². The first-order chi connectivity index (χ1) is 12.0. The Kier molecular flexibility index (Phi) is 4.60. The smallest absolute Gasteiger partial charge is 0.306 e. The van der Waals surface area contributed by atoms with Gasteiger partial charge in [0.05, 0.1) is 37.2 Å². The van der Waals surface area contributed by atoms with Crippen LogP contribution in [0, 0.1) is 19.8 Å². The number of nitrogens with zero attached hydrogens (tertiary/aromatic N) is 3. The fraction of sp³-hybridized carbons (Fsp3) is 0.353. The number of hydrogen-bond acceptors (Lipinski definition) is 7. The van der Waals surface area contributed by atoms with Crippen LogP contribution in [0.4, 0.5) is 5.95 Å². The highest BCUT2D eigenvalue weighted by Gasteiger charge is 2.27. The van der Waals surface area contributed by atoms with Gasteiger partial charge in [0.1, 0.15) is 0 Å². The van der Waals surface area contributed by atoms with Gasteiger partial charge in [-0.2, -0.15) is 0 Å². The van der Waals surface area contributed by atoms with Gasteiger partial charge < -0.3 is 4.74 Å². The quantitative estimate of drug-likeness (QED) is 0.816. The zero-order valence-corrected chi connectivity index (χ0v) is 14.3. The zero-order chi connectivity index (χ0) is 18.0. The maximum absolute atomic E-state index is 12.1. The van der Waals surface area contributed by atoms with E-state index in [0.29, 0.717) is 5.95 Å². The first kappa shape index (κ1) is 16.8. The second kappa shape index (κ2) is 6.84. The number of carbonyl (C=O) groups excluding carboxylic acids is 2. The maximum atomic E-state index is 12.1. The number of amides is 1. The second-order valence-electron chi connectivity index (χ2n) is 5.93. The molecule has 0 saturated heterocycles. The summed E-state index contributed by atoms with van der Waals surface area (Å²) in [6.45, 7) is 4.12. The molecule has 1 atom stereocenters. The van der Waals surface area contributed by atoms with Gasteiger partial charge in [-0.3, -0.25) is 25.2 Å². The van der Waals surface area contributed by atoms with Crippen molar-refractivity contribution < 1.29 is 14.3 Å². The third-order valence-corrected chi connectivity index (χ3v) is 3.99. The molecule has 1 aromatic heterocycles. The van der Waals surface area contributed by atoms with Crippen molar-refractivity contribution in [2.45, 2.75) is 20.3 Å². The summed E-state index contributed by atoms with van der Waals surface area (Å²) in [5.74, 6) is -0.608. The summed E-state index contributed by atoms with van der Waals surface area (Å²) in [6, 6.07) is 5.94. The molecule has 0 spiro atoms. The van der Waals surface area contributed by atoms with Gasteiger partial charge >= 0.3 is 5.97 Å². The molecule has 0 aliphatic carbocycles. The van der Waals surface area contributed by atoms with Crippen LogP contribution in [-0.2, 0) is 14.3 Å². The lowest BCUT2D eigenvalue weighted by molar-refractivity contribution is -0.143. The van der Waals surface area contributed by atoms with E-state index in [9.17, 15) is 9.59 Å². The molecule has 2 aromatic rings. The summed E-state index contributed by atoms with van der Waals surface area (Å²) in [5, 5.41) is 6.54. The molecule has 1 amide bonds. The van der Waals surface area contributed by atoms with Crippen molar-refractivity contribution in [2.75, 3.05) is 19.0 Å². The van der Waals surface area contributed by atoms with Gasteiger partial charge in [-0.25, -0.2) is 9.97 Å². The van der Waals surface area contributed by atoms with Gasteiger partial charge in [0, 0.05) is 5.39 Å². The summed E-state index contributed by atoms with van der Waals surface area (Å²) in [4.78, 5) is 36.5. The number of aryl methyl sites for hydroxylation is 2. The molecular formula is C17H19N5O3. The van der Waals surface area contributed by atoms with Crippen LogP contribution in [-0.4, -0.2) is 41.5 Å². The molecule has 1 aromatic carbocycles. The van der Waals surface area contributed by atoms with Gasteiger partial charge in [0.25, 0.3) is 0 Å². The number of carbonyl (C=O) groups is 2. The molecule has 0 fully saturated rings. The highest BCUT2D eigenvalue weighted by Crippen LogP contribution is 2.19. The lowest BCUT2D eigenvalue weighted by Gasteiger charge is -2.21. The van der Waals surface area contributed by atoms with Crippen molar-refractivity contribution >= 4 is 34.7 Å². The molecule has 2 N–H and O–H groups in total. The molecule has 3 rings (SSSR count). The SMILES string of the molecule is COC(=O)CC1CN=C(Nc2nc(C)c3cc(C)ccc3n2)NC1=O. The fourth-order valence-corrected chi connectivity index (χ4v) is 2.61. The van der Waals surface area contributed by atoms with E-state index in [1.807, 2.05) is 32.0 Å². The number of guanidine groups is 1. The van der Waals surface area contributed by atoms with Crippen LogP contribution in [0.5, 0.6) is 0 Å². The van der Waals surface area contributed by atoms with E-state index in [-0.39, 0.29) is 24.8 Å². The van der Waals surface area contributed by atoms with Gasteiger partial charge in [-0.1, -0.05) is 11.6 Å². The van der Waals surface area contributed by atoms with Crippen LogP contribution in [0.2, 0.25) is 0 Å². The van der Waals surface area contributed by atoms with Crippen molar-refractivity contribution in [3.63, 3.8) is 0 Å². The Labute approximate surface area is 144 Å². The fourth-order valence-electron chi connectivity index (χ4n) is 2.61. The Bertz CT molecular complexity index is 878. The summed E-state index contributed by atoms with van der Waals surface area (Å²) in [5.41, 5.74) is 2.79. The largest absolute Gasteiger partial charge is 0.469 e. The molecule has 1 unspecified atom stereocenters. The topological polar surface area (TPSA) is 106 Å². The lowest BCUT2D eigenvalue weighted by Crippen LogP contribution is -2.45.